The number of ether oxygens (including phenoxy) is 1. The van der Waals surface area contributed by atoms with Crippen LogP contribution in [0.1, 0.15) is 36.7 Å². The Labute approximate surface area is 168 Å². The van der Waals surface area contributed by atoms with E-state index in [9.17, 15) is 9.59 Å². The minimum atomic E-state index is -0.487. The SMILES string of the molecule is CCCOc1cccc(C(=O)Nc2ccc(NC(=O)C(C)n3cncn3)cc2)c1. The van der Waals surface area contributed by atoms with Crippen LogP contribution < -0.4 is 15.4 Å². The predicted molar refractivity (Wildman–Crippen MR) is 110 cm³/mol. The number of nitrogens with one attached hydrogen (secondary N) is 2. The van der Waals surface area contributed by atoms with E-state index in [4.69, 9.17) is 4.74 Å². The summed E-state index contributed by atoms with van der Waals surface area (Å²) in [6, 6.07) is 13.5. The highest BCUT2D eigenvalue weighted by Crippen LogP contribution is 2.18. The van der Waals surface area contributed by atoms with E-state index in [0.717, 1.165) is 6.42 Å². The number of amides is 2. The third kappa shape index (κ3) is 5.41. The van der Waals surface area contributed by atoms with Crippen molar-refractivity contribution in [2.45, 2.75) is 26.3 Å². The van der Waals surface area contributed by atoms with E-state index in [-0.39, 0.29) is 11.8 Å². The molecule has 0 spiro atoms. The summed E-state index contributed by atoms with van der Waals surface area (Å²) in [6.07, 6.45) is 3.77. The van der Waals surface area contributed by atoms with Gasteiger partial charge in [0.1, 0.15) is 24.4 Å². The third-order valence-electron chi connectivity index (χ3n) is 4.19. The molecule has 0 bridgehead atoms. The molecule has 0 aliphatic heterocycles. The molecule has 2 aromatic carbocycles. The average molecular weight is 393 g/mol. The molecule has 8 heteroatoms. The van der Waals surface area contributed by atoms with Crippen LogP contribution in [0, 0.1) is 0 Å². The van der Waals surface area contributed by atoms with Gasteiger partial charge in [0.15, 0.2) is 0 Å². The van der Waals surface area contributed by atoms with Crippen LogP contribution in [0.4, 0.5) is 11.4 Å². The Morgan fingerprint density at radius 3 is 2.48 bits per heavy atom. The zero-order valence-electron chi connectivity index (χ0n) is 16.3. The van der Waals surface area contributed by atoms with Crippen LogP contribution in [-0.4, -0.2) is 33.2 Å². The van der Waals surface area contributed by atoms with Crippen LogP contribution in [0.3, 0.4) is 0 Å². The number of hydrogen-bond acceptors (Lipinski definition) is 5. The smallest absolute Gasteiger partial charge is 0.255 e. The maximum Gasteiger partial charge on any atom is 0.255 e. The van der Waals surface area contributed by atoms with Crippen molar-refractivity contribution in [2.75, 3.05) is 17.2 Å². The molecule has 2 N–H and O–H groups in total. The van der Waals surface area contributed by atoms with E-state index >= 15 is 0 Å². The van der Waals surface area contributed by atoms with E-state index in [1.807, 2.05) is 13.0 Å². The molecule has 0 saturated carbocycles. The van der Waals surface area contributed by atoms with Gasteiger partial charge in [-0.25, -0.2) is 9.67 Å². The second-order valence-corrected chi connectivity index (χ2v) is 6.45. The molecule has 8 nitrogen and oxygen atoms in total. The van der Waals surface area contributed by atoms with E-state index in [0.29, 0.717) is 29.3 Å². The molecule has 1 unspecified atom stereocenters. The molecule has 0 fully saturated rings. The average Bonchev–Trinajstić information content (AvgIpc) is 3.28. The van der Waals surface area contributed by atoms with E-state index < -0.39 is 6.04 Å². The molecule has 1 heterocycles. The summed E-state index contributed by atoms with van der Waals surface area (Å²) in [5.74, 6) is 0.221. The summed E-state index contributed by atoms with van der Waals surface area (Å²) >= 11 is 0. The summed E-state index contributed by atoms with van der Waals surface area (Å²) in [5, 5.41) is 9.62. The molecule has 150 valence electrons. The largest absolute Gasteiger partial charge is 0.494 e. The Morgan fingerprint density at radius 2 is 1.83 bits per heavy atom. The quantitative estimate of drug-likeness (QED) is 0.610. The van der Waals surface area contributed by atoms with Gasteiger partial charge in [0.25, 0.3) is 5.91 Å². The molecule has 1 atom stereocenters. The Morgan fingerprint density at radius 1 is 1.10 bits per heavy atom. The van der Waals surface area contributed by atoms with Gasteiger partial charge in [-0.3, -0.25) is 9.59 Å². The first-order valence-corrected chi connectivity index (χ1v) is 9.36. The summed E-state index contributed by atoms with van der Waals surface area (Å²) in [7, 11) is 0. The highest BCUT2D eigenvalue weighted by atomic mass is 16.5. The van der Waals surface area contributed by atoms with E-state index in [2.05, 4.69) is 20.7 Å². The maximum atomic E-state index is 12.5. The second-order valence-electron chi connectivity index (χ2n) is 6.45. The summed E-state index contributed by atoms with van der Waals surface area (Å²) < 4.78 is 7.04. The van der Waals surface area contributed by atoms with Crippen LogP contribution in [0.25, 0.3) is 0 Å². The van der Waals surface area contributed by atoms with Gasteiger partial charge in [-0.05, 0) is 55.8 Å². The van der Waals surface area contributed by atoms with Gasteiger partial charge >= 0.3 is 0 Å². The summed E-state index contributed by atoms with van der Waals surface area (Å²) in [6.45, 7) is 4.36. The monoisotopic (exact) mass is 393 g/mol. The van der Waals surface area contributed by atoms with Crippen molar-refractivity contribution in [3.63, 3.8) is 0 Å². The minimum absolute atomic E-state index is 0.212. The zero-order valence-corrected chi connectivity index (χ0v) is 16.3. The first-order chi connectivity index (χ1) is 14.1. The number of hydrogen-bond donors (Lipinski definition) is 2. The molecule has 3 aromatic rings. The van der Waals surface area contributed by atoms with Gasteiger partial charge in [-0.1, -0.05) is 13.0 Å². The molecule has 0 aliphatic carbocycles. The van der Waals surface area contributed by atoms with Crippen LogP contribution in [0.15, 0.2) is 61.2 Å². The highest BCUT2D eigenvalue weighted by molar-refractivity contribution is 6.04. The van der Waals surface area contributed by atoms with Crippen LogP contribution in [0.2, 0.25) is 0 Å². The van der Waals surface area contributed by atoms with Crippen LogP contribution in [0.5, 0.6) is 5.75 Å². The maximum absolute atomic E-state index is 12.5. The Balaban J connectivity index is 1.59. The second kappa shape index (κ2) is 9.50. The fourth-order valence-electron chi connectivity index (χ4n) is 2.57. The van der Waals surface area contributed by atoms with Crippen molar-refractivity contribution in [3.05, 3.63) is 66.7 Å². The fraction of sp³-hybridized carbons (Fsp3) is 0.238. The standard InChI is InChI=1S/C21H23N5O3/c1-3-11-29-19-6-4-5-16(12-19)21(28)25-18-9-7-17(8-10-18)24-20(27)15(2)26-14-22-13-23-26/h4-10,12-15H,3,11H2,1-2H3,(H,24,27)(H,25,28). The van der Waals surface area contributed by atoms with Crippen molar-refractivity contribution in [1.29, 1.82) is 0 Å². The first kappa shape index (κ1) is 20.1. The lowest BCUT2D eigenvalue weighted by atomic mass is 10.2. The molecule has 2 amide bonds. The Hall–Kier alpha value is -3.68. The van der Waals surface area contributed by atoms with Crippen molar-refractivity contribution < 1.29 is 14.3 Å². The lowest BCUT2D eigenvalue weighted by Crippen LogP contribution is -2.24. The van der Waals surface area contributed by atoms with Gasteiger partial charge < -0.3 is 15.4 Å². The molecule has 0 radical (unpaired) electrons. The van der Waals surface area contributed by atoms with E-state index in [1.165, 1.54) is 17.3 Å². The first-order valence-electron chi connectivity index (χ1n) is 9.36. The predicted octanol–water partition coefficient (Wildman–Crippen LogP) is 3.52. The highest BCUT2D eigenvalue weighted by Gasteiger charge is 2.15. The van der Waals surface area contributed by atoms with Crippen molar-refractivity contribution in [2.24, 2.45) is 0 Å². The van der Waals surface area contributed by atoms with Gasteiger partial charge in [-0.15, -0.1) is 0 Å². The molecule has 29 heavy (non-hydrogen) atoms. The number of rotatable bonds is 8. The Kier molecular flexibility index (Phi) is 6.57. The van der Waals surface area contributed by atoms with Gasteiger partial charge in [-0.2, -0.15) is 5.10 Å². The van der Waals surface area contributed by atoms with Crippen molar-refractivity contribution in [3.8, 4) is 5.75 Å². The lowest BCUT2D eigenvalue weighted by molar-refractivity contribution is -0.119. The molecule has 0 aliphatic rings. The molecular weight excluding hydrogens is 370 g/mol. The number of carbonyl (C=O) groups is 2. The number of nitrogens with zero attached hydrogens (tertiary/aromatic N) is 3. The fourth-order valence-corrected chi connectivity index (χ4v) is 2.57. The molecule has 0 saturated heterocycles. The number of aromatic nitrogens is 3. The van der Waals surface area contributed by atoms with Crippen molar-refractivity contribution in [1.82, 2.24) is 14.8 Å². The zero-order chi connectivity index (χ0) is 20.6. The van der Waals surface area contributed by atoms with Crippen LogP contribution in [-0.2, 0) is 4.79 Å². The molecule has 1 aromatic heterocycles. The van der Waals surface area contributed by atoms with Gasteiger partial charge in [0.2, 0.25) is 5.91 Å². The molecule has 3 rings (SSSR count). The van der Waals surface area contributed by atoms with Crippen molar-refractivity contribution >= 4 is 23.2 Å². The minimum Gasteiger partial charge on any atom is -0.494 e. The lowest BCUT2D eigenvalue weighted by Gasteiger charge is -2.12. The molecular formula is C21H23N5O3. The number of benzene rings is 2. The summed E-state index contributed by atoms with van der Waals surface area (Å²) in [4.78, 5) is 28.6. The van der Waals surface area contributed by atoms with E-state index in [1.54, 1.807) is 49.4 Å². The Bertz CT molecular complexity index is 955. The number of carbonyl (C=O) groups excluding carboxylic acids is 2. The summed E-state index contributed by atoms with van der Waals surface area (Å²) in [5.41, 5.74) is 1.75. The van der Waals surface area contributed by atoms with Crippen LogP contribution >= 0.6 is 0 Å². The number of anilines is 2. The topological polar surface area (TPSA) is 98.1 Å². The normalized spacial score (nSPS) is 11.5. The van der Waals surface area contributed by atoms with Gasteiger partial charge in [0, 0.05) is 16.9 Å². The van der Waals surface area contributed by atoms with Gasteiger partial charge in [0.05, 0.1) is 6.61 Å². The third-order valence-corrected chi connectivity index (χ3v) is 4.19.